The summed E-state index contributed by atoms with van der Waals surface area (Å²) < 4.78 is 0. The molecule has 0 spiro atoms. The Labute approximate surface area is 144 Å². The number of nitrogens with zero attached hydrogens (tertiary/aromatic N) is 1. The van der Waals surface area contributed by atoms with Crippen LogP contribution in [0.4, 0.5) is 5.13 Å². The Kier molecular flexibility index (Phi) is 6.05. The summed E-state index contributed by atoms with van der Waals surface area (Å²) in [5.41, 5.74) is 0.595. The first kappa shape index (κ1) is 18.1. The molecule has 7 heteroatoms. The first-order chi connectivity index (χ1) is 11.4. The molecule has 0 unspecified atom stereocenters. The van der Waals surface area contributed by atoms with Gasteiger partial charge in [0.05, 0.1) is 12.1 Å². The van der Waals surface area contributed by atoms with Crippen molar-refractivity contribution in [2.75, 3.05) is 11.9 Å². The Bertz CT molecular complexity index is 698. The number of benzene rings is 1. The smallest absolute Gasteiger partial charge is 0.271 e. The molecule has 1 aromatic heterocycles. The number of rotatable bonds is 7. The van der Waals surface area contributed by atoms with Crippen molar-refractivity contribution >= 4 is 28.3 Å². The first-order valence-corrected chi connectivity index (χ1v) is 8.50. The van der Waals surface area contributed by atoms with E-state index in [9.17, 15) is 14.7 Å². The van der Waals surface area contributed by atoms with Crippen LogP contribution in [0.15, 0.2) is 35.7 Å². The summed E-state index contributed by atoms with van der Waals surface area (Å²) in [5, 5.41) is 16.5. The summed E-state index contributed by atoms with van der Waals surface area (Å²) in [6.45, 7) is 3.25. The van der Waals surface area contributed by atoms with E-state index in [-0.39, 0.29) is 24.1 Å². The zero-order chi connectivity index (χ0) is 17.6. The van der Waals surface area contributed by atoms with E-state index in [1.54, 1.807) is 19.2 Å². The molecule has 0 saturated carbocycles. The van der Waals surface area contributed by atoms with Crippen LogP contribution in [0.2, 0.25) is 0 Å². The SMILES string of the molecule is CC(C)(CO)NC(=O)c1csc(NC(=O)CCc2ccccc2)n1. The molecule has 0 bridgehead atoms. The van der Waals surface area contributed by atoms with E-state index in [4.69, 9.17) is 0 Å². The fourth-order valence-electron chi connectivity index (χ4n) is 1.93. The standard InChI is InChI=1S/C17H21N3O3S/c1-17(2,11-21)20-15(23)13-10-24-16(18-13)19-14(22)9-8-12-6-4-3-5-7-12/h3-7,10,21H,8-9,11H2,1-2H3,(H,20,23)(H,18,19,22). The summed E-state index contributed by atoms with van der Waals surface area (Å²) in [6, 6.07) is 9.76. The van der Waals surface area contributed by atoms with Gasteiger partial charge in [0.1, 0.15) is 5.69 Å². The van der Waals surface area contributed by atoms with E-state index in [1.165, 1.54) is 11.3 Å². The number of nitrogens with one attached hydrogen (secondary N) is 2. The minimum Gasteiger partial charge on any atom is -0.394 e. The summed E-state index contributed by atoms with van der Waals surface area (Å²) in [7, 11) is 0. The average molecular weight is 347 g/mol. The maximum atomic E-state index is 12.0. The molecule has 0 fully saturated rings. The van der Waals surface area contributed by atoms with Crippen LogP contribution in [0, 0.1) is 0 Å². The number of thiazole rings is 1. The van der Waals surface area contributed by atoms with Crippen molar-refractivity contribution in [1.82, 2.24) is 10.3 Å². The highest BCUT2D eigenvalue weighted by atomic mass is 32.1. The van der Waals surface area contributed by atoms with Gasteiger partial charge in [-0.3, -0.25) is 9.59 Å². The Morgan fingerprint density at radius 3 is 2.62 bits per heavy atom. The number of aliphatic hydroxyl groups is 1. The van der Waals surface area contributed by atoms with Gasteiger partial charge in [-0.2, -0.15) is 0 Å². The van der Waals surface area contributed by atoms with Gasteiger partial charge in [0.15, 0.2) is 5.13 Å². The van der Waals surface area contributed by atoms with Gasteiger partial charge < -0.3 is 15.7 Å². The predicted octanol–water partition coefficient (Wildman–Crippen LogP) is 2.22. The minimum atomic E-state index is -0.722. The quantitative estimate of drug-likeness (QED) is 0.716. The lowest BCUT2D eigenvalue weighted by Crippen LogP contribution is -2.46. The zero-order valence-corrected chi connectivity index (χ0v) is 14.5. The monoisotopic (exact) mass is 347 g/mol. The van der Waals surface area contributed by atoms with Crippen LogP contribution in [0.3, 0.4) is 0 Å². The minimum absolute atomic E-state index is 0.143. The van der Waals surface area contributed by atoms with E-state index < -0.39 is 5.54 Å². The van der Waals surface area contributed by atoms with Crippen LogP contribution in [0.25, 0.3) is 0 Å². The molecule has 0 atom stereocenters. The molecule has 0 saturated heterocycles. The van der Waals surface area contributed by atoms with Crippen LogP contribution >= 0.6 is 11.3 Å². The van der Waals surface area contributed by atoms with Crippen molar-refractivity contribution < 1.29 is 14.7 Å². The van der Waals surface area contributed by atoms with Gasteiger partial charge in [0, 0.05) is 11.8 Å². The lowest BCUT2D eigenvalue weighted by atomic mass is 10.1. The number of amides is 2. The summed E-state index contributed by atoms with van der Waals surface area (Å²) in [5.74, 6) is -0.522. The molecule has 1 heterocycles. The van der Waals surface area contributed by atoms with Gasteiger partial charge in [0.2, 0.25) is 5.91 Å². The molecule has 2 amide bonds. The second kappa shape index (κ2) is 8.03. The van der Waals surface area contributed by atoms with Gasteiger partial charge in [-0.25, -0.2) is 4.98 Å². The molecule has 1 aromatic carbocycles. The van der Waals surface area contributed by atoms with E-state index >= 15 is 0 Å². The lowest BCUT2D eigenvalue weighted by molar-refractivity contribution is -0.116. The first-order valence-electron chi connectivity index (χ1n) is 7.62. The largest absolute Gasteiger partial charge is 0.394 e. The molecular formula is C17H21N3O3S. The van der Waals surface area contributed by atoms with Crippen molar-refractivity contribution in [2.45, 2.75) is 32.2 Å². The average Bonchev–Trinajstić information content (AvgIpc) is 3.02. The topological polar surface area (TPSA) is 91.3 Å². The molecule has 3 N–H and O–H groups in total. The number of aryl methyl sites for hydroxylation is 1. The Hall–Kier alpha value is -2.25. The maximum absolute atomic E-state index is 12.0. The second-order valence-electron chi connectivity index (χ2n) is 6.07. The molecule has 0 aliphatic rings. The van der Waals surface area contributed by atoms with E-state index in [0.717, 1.165) is 5.56 Å². The van der Waals surface area contributed by atoms with Crippen molar-refractivity contribution in [3.05, 3.63) is 47.0 Å². The van der Waals surface area contributed by atoms with Crippen molar-refractivity contribution in [1.29, 1.82) is 0 Å². The number of anilines is 1. The van der Waals surface area contributed by atoms with E-state index in [0.29, 0.717) is 18.0 Å². The lowest BCUT2D eigenvalue weighted by Gasteiger charge is -2.22. The highest BCUT2D eigenvalue weighted by Crippen LogP contribution is 2.16. The fourth-order valence-corrected chi connectivity index (χ4v) is 2.64. The zero-order valence-electron chi connectivity index (χ0n) is 13.7. The number of carbonyl (C=O) groups is 2. The summed E-state index contributed by atoms with van der Waals surface area (Å²) in [6.07, 6.45) is 0.999. The van der Waals surface area contributed by atoms with Crippen LogP contribution in [0.5, 0.6) is 0 Å². The highest BCUT2D eigenvalue weighted by molar-refractivity contribution is 7.14. The number of aromatic nitrogens is 1. The molecular weight excluding hydrogens is 326 g/mol. The Morgan fingerprint density at radius 1 is 1.25 bits per heavy atom. The van der Waals surface area contributed by atoms with Crippen molar-refractivity contribution in [2.24, 2.45) is 0 Å². The van der Waals surface area contributed by atoms with Crippen LogP contribution in [0.1, 0.15) is 36.3 Å². The van der Waals surface area contributed by atoms with Crippen molar-refractivity contribution in [3.8, 4) is 0 Å². The second-order valence-corrected chi connectivity index (χ2v) is 6.93. The van der Waals surface area contributed by atoms with Gasteiger partial charge in [-0.15, -0.1) is 11.3 Å². The van der Waals surface area contributed by atoms with Gasteiger partial charge >= 0.3 is 0 Å². The molecule has 24 heavy (non-hydrogen) atoms. The van der Waals surface area contributed by atoms with Crippen LogP contribution in [-0.2, 0) is 11.2 Å². The number of aliphatic hydroxyl groups excluding tert-OH is 1. The van der Waals surface area contributed by atoms with E-state index in [2.05, 4.69) is 15.6 Å². The number of hydrogen-bond acceptors (Lipinski definition) is 5. The van der Waals surface area contributed by atoms with Crippen molar-refractivity contribution in [3.63, 3.8) is 0 Å². The summed E-state index contributed by atoms with van der Waals surface area (Å²) >= 11 is 1.20. The molecule has 0 aliphatic carbocycles. The molecule has 6 nitrogen and oxygen atoms in total. The van der Waals surface area contributed by atoms with Crippen LogP contribution in [-0.4, -0.2) is 34.1 Å². The van der Waals surface area contributed by atoms with Gasteiger partial charge in [-0.05, 0) is 25.8 Å². The van der Waals surface area contributed by atoms with Gasteiger partial charge in [0.25, 0.3) is 5.91 Å². The number of hydrogen-bond donors (Lipinski definition) is 3. The van der Waals surface area contributed by atoms with Gasteiger partial charge in [-0.1, -0.05) is 30.3 Å². The normalized spacial score (nSPS) is 11.1. The molecule has 0 aliphatic heterocycles. The third-order valence-corrected chi connectivity index (χ3v) is 4.07. The fraction of sp³-hybridized carbons (Fsp3) is 0.353. The Morgan fingerprint density at radius 2 is 1.96 bits per heavy atom. The molecule has 0 radical (unpaired) electrons. The predicted molar refractivity (Wildman–Crippen MR) is 94.1 cm³/mol. The highest BCUT2D eigenvalue weighted by Gasteiger charge is 2.21. The third-order valence-electron chi connectivity index (χ3n) is 3.31. The van der Waals surface area contributed by atoms with Crippen LogP contribution < -0.4 is 10.6 Å². The number of carbonyl (C=O) groups excluding carboxylic acids is 2. The van der Waals surface area contributed by atoms with E-state index in [1.807, 2.05) is 30.3 Å². The molecule has 2 rings (SSSR count). The maximum Gasteiger partial charge on any atom is 0.271 e. The summed E-state index contributed by atoms with van der Waals surface area (Å²) in [4.78, 5) is 28.1. The molecule has 128 valence electrons. The Balaban J connectivity index is 1.86. The third kappa shape index (κ3) is 5.43. The molecule has 2 aromatic rings.